The van der Waals surface area contributed by atoms with E-state index in [4.69, 9.17) is 11.6 Å². The van der Waals surface area contributed by atoms with E-state index < -0.39 is 0 Å². The Hall–Kier alpha value is -1.36. The molecule has 2 aliphatic heterocycles. The van der Waals surface area contributed by atoms with Crippen molar-refractivity contribution in [3.05, 3.63) is 16.9 Å². The zero-order valence-electron chi connectivity index (χ0n) is 13.1. The van der Waals surface area contributed by atoms with E-state index in [0.29, 0.717) is 28.6 Å². The van der Waals surface area contributed by atoms with Crippen LogP contribution in [0.25, 0.3) is 0 Å². The van der Waals surface area contributed by atoms with E-state index in [1.54, 1.807) is 6.20 Å². The molecule has 4 aliphatic rings. The van der Waals surface area contributed by atoms with E-state index in [9.17, 15) is 4.79 Å². The Morgan fingerprint density at radius 2 is 2.00 bits per heavy atom. The highest BCUT2D eigenvalue weighted by Gasteiger charge is 2.58. The first-order valence-electron chi connectivity index (χ1n) is 8.81. The van der Waals surface area contributed by atoms with Crippen molar-refractivity contribution in [3.8, 4) is 0 Å². The van der Waals surface area contributed by atoms with Gasteiger partial charge in [0.25, 0.3) is 5.91 Å². The van der Waals surface area contributed by atoms with Crippen LogP contribution in [0.2, 0.25) is 5.02 Å². The molecule has 0 spiro atoms. The van der Waals surface area contributed by atoms with Crippen LogP contribution in [0.5, 0.6) is 0 Å². The first-order chi connectivity index (χ1) is 11.2. The van der Waals surface area contributed by atoms with Gasteiger partial charge < -0.3 is 9.80 Å². The fourth-order valence-electron chi connectivity index (χ4n) is 5.27. The van der Waals surface area contributed by atoms with Crippen LogP contribution in [-0.4, -0.2) is 46.5 Å². The van der Waals surface area contributed by atoms with Gasteiger partial charge >= 0.3 is 0 Å². The van der Waals surface area contributed by atoms with Crippen LogP contribution in [0.15, 0.2) is 6.20 Å². The van der Waals surface area contributed by atoms with Gasteiger partial charge in [-0.2, -0.15) is 0 Å². The molecule has 4 fully saturated rings. The first-order valence-corrected chi connectivity index (χ1v) is 9.18. The molecule has 2 aliphatic carbocycles. The minimum atomic E-state index is 0.00615. The monoisotopic (exact) mass is 332 g/mol. The van der Waals surface area contributed by atoms with E-state index in [1.807, 2.05) is 4.90 Å². The van der Waals surface area contributed by atoms with Crippen molar-refractivity contribution in [1.29, 1.82) is 0 Å². The number of hydrogen-bond acceptors (Lipinski definition) is 4. The zero-order chi connectivity index (χ0) is 15.6. The van der Waals surface area contributed by atoms with Crippen molar-refractivity contribution in [2.75, 3.05) is 24.5 Å². The van der Waals surface area contributed by atoms with Crippen LogP contribution in [0.4, 0.5) is 5.95 Å². The summed E-state index contributed by atoms with van der Waals surface area (Å²) in [6.45, 7) is 2.82. The fourth-order valence-corrected chi connectivity index (χ4v) is 5.44. The summed E-state index contributed by atoms with van der Waals surface area (Å²) in [5, 5.41) is 0.379. The third-order valence-electron chi connectivity index (χ3n) is 6.39. The maximum Gasteiger partial charge on any atom is 0.274 e. The second kappa shape index (κ2) is 5.07. The minimum Gasteiger partial charge on any atom is -0.341 e. The highest BCUT2D eigenvalue weighted by atomic mass is 35.5. The average molecular weight is 333 g/mol. The largest absolute Gasteiger partial charge is 0.341 e. The molecule has 6 heteroatoms. The molecule has 0 N–H and O–H groups in total. The number of fused-ring (bicyclic) bond motifs is 5. The van der Waals surface area contributed by atoms with Crippen molar-refractivity contribution in [3.63, 3.8) is 0 Å². The fraction of sp³-hybridized carbons (Fsp3) is 0.706. The predicted molar refractivity (Wildman–Crippen MR) is 87.6 cm³/mol. The summed E-state index contributed by atoms with van der Waals surface area (Å²) in [4.78, 5) is 26.0. The number of halogens is 1. The van der Waals surface area contributed by atoms with Crippen LogP contribution < -0.4 is 4.90 Å². The summed E-state index contributed by atoms with van der Waals surface area (Å²) < 4.78 is 0. The topological polar surface area (TPSA) is 49.3 Å². The minimum absolute atomic E-state index is 0.00615. The highest BCUT2D eigenvalue weighted by molar-refractivity contribution is 6.33. The van der Waals surface area contributed by atoms with Gasteiger partial charge in [0.2, 0.25) is 5.95 Å². The molecule has 2 bridgehead atoms. The second-order valence-corrected chi connectivity index (χ2v) is 7.91. The van der Waals surface area contributed by atoms with Crippen molar-refractivity contribution in [1.82, 2.24) is 14.9 Å². The molecule has 2 saturated heterocycles. The molecule has 5 nitrogen and oxygen atoms in total. The molecule has 1 aromatic heterocycles. The van der Waals surface area contributed by atoms with E-state index >= 15 is 0 Å². The number of anilines is 1. The average Bonchev–Trinajstić information content (AvgIpc) is 3.22. The normalized spacial score (nSPS) is 34.7. The van der Waals surface area contributed by atoms with Crippen LogP contribution >= 0.6 is 11.6 Å². The van der Waals surface area contributed by atoms with E-state index in [0.717, 1.165) is 44.3 Å². The molecular formula is C17H21ClN4O. The van der Waals surface area contributed by atoms with Gasteiger partial charge in [-0.05, 0) is 43.9 Å². The molecular weight excluding hydrogens is 312 g/mol. The lowest BCUT2D eigenvalue weighted by Crippen LogP contribution is -2.61. The van der Waals surface area contributed by atoms with Crippen molar-refractivity contribution >= 4 is 23.5 Å². The molecule has 0 radical (unpaired) electrons. The van der Waals surface area contributed by atoms with E-state index in [2.05, 4.69) is 14.9 Å². The number of hydrogen-bond donors (Lipinski definition) is 0. The van der Waals surface area contributed by atoms with Crippen molar-refractivity contribution in [2.45, 2.75) is 38.1 Å². The summed E-state index contributed by atoms with van der Waals surface area (Å²) in [5.74, 6) is 2.96. The van der Waals surface area contributed by atoms with E-state index in [-0.39, 0.29) is 5.91 Å². The van der Waals surface area contributed by atoms with Gasteiger partial charge in [-0.3, -0.25) is 4.79 Å². The number of carbonyl (C=O) groups is 1. The number of carbonyl (C=O) groups excluding carboxylic acids is 1. The summed E-state index contributed by atoms with van der Waals surface area (Å²) in [7, 11) is 0. The molecule has 5 rings (SSSR count). The van der Waals surface area contributed by atoms with Crippen molar-refractivity contribution < 1.29 is 4.79 Å². The van der Waals surface area contributed by atoms with Gasteiger partial charge in [0.05, 0.1) is 11.2 Å². The van der Waals surface area contributed by atoms with Crippen LogP contribution in [-0.2, 0) is 0 Å². The van der Waals surface area contributed by atoms with Crippen LogP contribution in [0.1, 0.15) is 42.6 Å². The third-order valence-corrected chi connectivity index (χ3v) is 6.67. The third kappa shape index (κ3) is 2.02. The maximum absolute atomic E-state index is 13.0. The summed E-state index contributed by atoms with van der Waals surface area (Å²) in [5.41, 5.74) is 0.393. The number of amides is 1. The second-order valence-electron chi connectivity index (χ2n) is 7.51. The number of rotatable bonds is 2. The lowest BCUT2D eigenvalue weighted by Gasteiger charge is -2.50. The van der Waals surface area contributed by atoms with Crippen molar-refractivity contribution in [2.24, 2.45) is 17.8 Å². The standard InChI is InChI=1S/C17H21ClN4O/c18-13-8-19-17(21-5-1-2-6-21)20-14(13)16(23)22-9-12-10-3-4-11(7-10)15(12)22/h8,10-12,15H,1-7,9H2/t10-,11-,12+,15+/m0/s1. The predicted octanol–water partition coefficient (Wildman–Crippen LogP) is 2.60. The molecule has 23 heavy (non-hydrogen) atoms. The molecule has 2 saturated carbocycles. The van der Waals surface area contributed by atoms with E-state index in [1.165, 1.54) is 19.3 Å². The van der Waals surface area contributed by atoms with Gasteiger partial charge in [-0.1, -0.05) is 11.6 Å². The Labute approximate surface area is 141 Å². The van der Waals surface area contributed by atoms with Crippen LogP contribution in [0, 0.1) is 17.8 Å². The molecule has 0 unspecified atom stereocenters. The number of nitrogens with zero attached hydrogens (tertiary/aromatic N) is 4. The Morgan fingerprint density at radius 3 is 2.78 bits per heavy atom. The summed E-state index contributed by atoms with van der Waals surface area (Å²) in [6.07, 6.45) is 7.87. The van der Waals surface area contributed by atoms with Gasteiger partial charge in [0, 0.05) is 31.6 Å². The Bertz CT molecular complexity index is 658. The quantitative estimate of drug-likeness (QED) is 0.835. The highest BCUT2D eigenvalue weighted by Crippen LogP contribution is 2.55. The smallest absolute Gasteiger partial charge is 0.274 e. The number of aromatic nitrogens is 2. The Morgan fingerprint density at radius 1 is 1.22 bits per heavy atom. The SMILES string of the molecule is O=C(c1nc(N2CCCC2)ncc1Cl)N1C[C@@H]2[C@H]3CC[C@@H](C3)[C@H]21. The first kappa shape index (κ1) is 14.0. The van der Waals surface area contributed by atoms with Gasteiger partial charge in [0.15, 0.2) is 5.69 Å². The summed E-state index contributed by atoms with van der Waals surface area (Å²) >= 11 is 6.25. The zero-order valence-corrected chi connectivity index (χ0v) is 13.9. The summed E-state index contributed by atoms with van der Waals surface area (Å²) in [6, 6.07) is 0.447. The Kier molecular flexibility index (Phi) is 3.09. The molecule has 3 heterocycles. The lowest BCUT2D eigenvalue weighted by molar-refractivity contribution is -0.00948. The molecule has 1 aromatic rings. The molecule has 4 atom stereocenters. The van der Waals surface area contributed by atoms with Gasteiger partial charge in [0.1, 0.15) is 0 Å². The van der Waals surface area contributed by atoms with Gasteiger partial charge in [-0.15, -0.1) is 0 Å². The van der Waals surface area contributed by atoms with Crippen LogP contribution in [0.3, 0.4) is 0 Å². The Balaban J connectivity index is 1.40. The number of likely N-dealkylation sites (tertiary alicyclic amines) is 1. The lowest BCUT2D eigenvalue weighted by atomic mass is 9.76. The molecule has 0 aromatic carbocycles. The molecule has 122 valence electrons. The maximum atomic E-state index is 13.0. The van der Waals surface area contributed by atoms with Gasteiger partial charge in [-0.25, -0.2) is 9.97 Å². The molecule has 1 amide bonds.